The fourth-order valence-corrected chi connectivity index (χ4v) is 2.83. The summed E-state index contributed by atoms with van der Waals surface area (Å²) in [5, 5.41) is 3.43. The smallest absolute Gasteiger partial charge is 0.258 e. The number of pyridine rings is 1. The van der Waals surface area contributed by atoms with E-state index in [2.05, 4.69) is 10.3 Å². The number of aromatic amines is 1. The molecule has 0 atom stereocenters. The Morgan fingerprint density at radius 1 is 1.04 bits per heavy atom. The van der Waals surface area contributed by atoms with Gasteiger partial charge in [0.15, 0.2) is 0 Å². The minimum Gasteiger partial charge on any atom is -0.322 e. The fraction of sp³-hybridized carbons (Fsp3) is 0.200. The molecule has 3 rings (SSSR count). The van der Waals surface area contributed by atoms with Gasteiger partial charge in [-0.2, -0.15) is 0 Å². The number of fused-ring (bicyclic) bond motifs is 1. The molecule has 6 heteroatoms. The number of hydrogen-bond acceptors (Lipinski definition) is 2. The Morgan fingerprint density at radius 3 is 2.42 bits per heavy atom. The molecule has 1 aromatic heterocycles. The van der Waals surface area contributed by atoms with Crippen LogP contribution in [-0.4, -0.2) is 10.9 Å². The van der Waals surface area contributed by atoms with Crippen LogP contribution in [0.1, 0.15) is 36.7 Å². The average Bonchev–Trinajstić information content (AvgIpc) is 2.52. The summed E-state index contributed by atoms with van der Waals surface area (Å²) in [6.45, 7) is 6.02. The maximum atomic E-state index is 13.7. The van der Waals surface area contributed by atoms with Crippen molar-refractivity contribution in [2.24, 2.45) is 0 Å². The number of carbonyl (C=O) groups excluding carboxylic acids is 1. The fourth-order valence-electron chi connectivity index (χ4n) is 2.83. The molecule has 1 heterocycles. The van der Waals surface area contributed by atoms with Crippen molar-refractivity contribution in [2.75, 3.05) is 5.32 Å². The number of benzene rings is 2. The summed E-state index contributed by atoms with van der Waals surface area (Å²) >= 11 is 0. The van der Waals surface area contributed by atoms with Gasteiger partial charge >= 0.3 is 0 Å². The lowest BCUT2D eigenvalue weighted by Gasteiger charge is -2.21. The van der Waals surface area contributed by atoms with Crippen molar-refractivity contribution in [3.05, 3.63) is 75.6 Å². The highest BCUT2D eigenvalue weighted by molar-refractivity contribution is 6.05. The Balaban J connectivity index is 1.99. The van der Waals surface area contributed by atoms with Crippen molar-refractivity contribution in [3.8, 4) is 0 Å². The second-order valence-corrected chi connectivity index (χ2v) is 7.14. The predicted octanol–water partition coefficient (Wildman–Crippen LogP) is 4.36. The van der Waals surface area contributed by atoms with Crippen LogP contribution >= 0.6 is 0 Å². The number of hydrogen-bond donors (Lipinski definition) is 2. The molecule has 0 saturated carbocycles. The van der Waals surface area contributed by atoms with Gasteiger partial charge in [0.1, 0.15) is 11.6 Å². The van der Waals surface area contributed by atoms with Crippen molar-refractivity contribution >= 4 is 22.5 Å². The van der Waals surface area contributed by atoms with Gasteiger partial charge in [0, 0.05) is 23.2 Å². The third-order valence-corrected chi connectivity index (χ3v) is 4.08. The Labute approximate surface area is 148 Å². The summed E-state index contributed by atoms with van der Waals surface area (Å²) < 4.78 is 26.7. The van der Waals surface area contributed by atoms with Crippen molar-refractivity contribution < 1.29 is 13.6 Å². The van der Waals surface area contributed by atoms with E-state index in [1.165, 1.54) is 0 Å². The van der Waals surface area contributed by atoms with Crippen LogP contribution in [0.2, 0.25) is 0 Å². The minimum atomic E-state index is -0.938. The van der Waals surface area contributed by atoms with E-state index in [4.69, 9.17) is 0 Å². The second-order valence-electron chi connectivity index (χ2n) is 7.14. The maximum Gasteiger partial charge on any atom is 0.258 e. The molecular formula is C20H18F2N2O2. The number of rotatable bonds is 2. The van der Waals surface area contributed by atoms with Crippen molar-refractivity contribution in [1.29, 1.82) is 0 Å². The first kappa shape index (κ1) is 17.8. The van der Waals surface area contributed by atoms with E-state index in [1.807, 2.05) is 20.8 Å². The first-order valence-corrected chi connectivity index (χ1v) is 8.09. The summed E-state index contributed by atoms with van der Waals surface area (Å²) in [6.07, 6.45) is 0. The van der Waals surface area contributed by atoms with Crippen molar-refractivity contribution in [2.45, 2.75) is 26.2 Å². The van der Waals surface area contributed by atoms with Crippen molar-refractivity contribution in [1.82, 2.24) is 4.98 Å². The summed E-state index contributed by atoms with van der Waals surface area (Å²) in [7, 11) is 0. The SMILES string of the molecule is CC(C)(C)c1cc(=O)[nH]c2cc(NC(=O)c3ccc(F)cc3F)ccc12. The molecule has 4 nitrogen and oxygen atoms in total. The summed E-state index contributed by atoms with van der Waals surface area (Å²) in [6, 6.07) is 9.41. The topological polar surface area (TPSA) is 62.0 Å². The van der Waals surface area contributed by atoms with Gasteiger partial charge in [0.05, 0.1) is 11.1 Å². The normalized spacial score (nSPS) is 11.6. The molecule has 134 valence electrons. The number of amides is 1. The second kappa shape index (κ2) is 6.37. The van der Waals surface area contributed by atoms with Gasteiger partial charge in [-0.15, -0.1) is 0 Å². The monoisotopic (exact) mass is 356 g/mol. The molecule has 0 aliphatic rings. The van der Waals surface area contributed by atoms with Gasteiger partial charge in [-0.1, -0.05) is 26.8 Å². The zero-order valence-corrected chi connectivity index (χ0v) is 14.6. The summed E-state index contributed by atoms with van der Waals surface area (Å²) in [5.74, 6) is -2.39. The van der Waals surface area contributed by atoms with Crippen LogP contribution in [0.3, 0.4) is 0 Å². The third-order valence-electron chi connectivity index (χ3n) is 4.08. The highest BCUT2D eigenvalue weighted by Gasteiger charge is 2.18. The average molecular weight is 356 g/mol. The van der Waals surface area contributed by atoms with Gasteiger partial charge in [-0.25, -0.2) is 8.78 Å². The van der Waals surface area contributed by atoms with Crippen LogP contribution in [0.4, 0.5) is 14.5 Å². The first-order chi connectivity index (χ1) is 12.1. The molecule has 0 fully saturated rings. The molecule has 0 bridgehead atoms. The van der Waals surface area contributed by atoms with E-state index in [1.54, 1.807) is 24.3 Å². The number of carbonyl (C=O) groups is 1. The van der Waals surface area contributed by atoms with Crippen LogP contribution in [0.15, 0.2) is 47.3 Å². The molecular weight excluding hydrogens is 338 g/mol. The molecule has 3 aromatic rings. The largest absolute Gasteiger partial charge is 0.322 e. The van der Waals surface area contributed by atoms with Gasteiger partial charge in [-0.3, -0.25) is 9.59 Å². The van der Waals surface area contributed by atoms with E-state index < -0.39 is 17.5 Å². The van der Waals surface area contributed by atoms with Gasteiger partial charge in [-0.05, 0) is 35.2 Å². The Morgan fingerprint density at radius 2 is 1.77 bits per heavy atom. The van der Waals surface area contributed by atoms with Crippen LogP contribution in [0.5, 0.6) is 0 Å². The number of anilines is 1. The quantitative estimate of drug-likeness (QED) is 0.717. The highest BCUT2D eigenvalue weighted by Crippen LogP contribution is 2.29. The molecule has 26 heavy (non-hydrogen) atoms. The molecule has 2 N–H and O–H groups in total. The van der Waals surface area contributed by atoms with Gasteiger partial charge in [0.25, 0.3) is 5.91 Å². The summed E-state index contributed by atoms with van der Waals surface area (Å²) in [4.78, 5) is 26.9. The van der Waals surface area contributed by atoms with E-state index >= 15 is 0 Å². The molecule has 0 aliphatic carbocycles. The molecule has 0 aliphatic heterocycles. The van der Waals surface area contributed by atoms with E-state index in [9.17, 15) is 18.4 Å². The Bertz CT molecular complexity index is 1070. The van der Waals surface area contributed by atoms with Crippen LogP contribution in [0, 0.1) is 11.6 Å². The first-order valence-electron chi connectivity index (χ1n) is 8.09. The van der Waals surface area contributed by atoms with Crippen LogP contribution in [0.25, 0.3) is 10.9 Å². The number of H-pyrrole nitrogens is 1. The van der Waals surface area contributed by atoms with E-state index in [0.717, 1.165) is 23.1 Å². The van der Waals surface area contributed by atoms with Gasteiger partial charge in [0.2, 0.25) is 5.56 Å². The highest BCUT2D eigenvalue weighted by atomic mass is 19.1. The summed E-state index contributed by atoms with van der Waals surface area (Å²) in [5.41, 5.74) is 1.12. The lowest BCUT2D eigenvalue weighted by molar-refractivity contribution is 0.102. The van der Waals surface area contributed by atoms with Crippen LogP contribution in [-0.2, 0) is 5.41 Å². The number of halogens is 2. The molecule has 0 radical (unpaired) electrons. The zero-order valence-electron chi connectivity index (χ0n) is 14.6. The standard InChI is InChI=1S/C20H18F2N2O2/c1-20(2,3)15-10-18(25)24-17-9-12(5-7-13(15)17)23-19(26)14-6-4-11(21)8-16(14)22/h4-10H,1-3H3,(H,23,26)(H,24,25). The van der Waals surface area contributed by atoms with Gasteiger partial charge < -0.3 is 10.3 Å². The number of nitrogens with one attached hydrogen (secondary N) is 2. The van der Waals surface area contributed by atoms with E-state index in [0.29, 0.717) is 17.3 Å². The Hall–Kier alpha value is -3.02. The molecule has 0 unspecified atom stereocenters. The maximum absolute atomic E-state index is 13.7. The molecule has 0 saturated heterocycles. The lowest BCUT2D eigenvalue weighted by atomic mass is 9.85. The zero-order chi connectivity index (χ0) is 19.1. The van der Waals surface area contributed by atoms with Crippen LogP contribution < -0.4 is 10.9 Å². The molecule has 2 aromatic carbocycles. The van der Waals surface area contributed by atoms with E-state index in [-0.39, 0.29) is 16.5 Å². The predicted molar refractivity (Wildman–Crippen MR) is 97.6 cm³/mol. The minimum absolute atomic E-state index is 0.228. The molecule has 0 spiro atoms. The third kappa shape index (κ3) is 3.49. The number of aromatic nitrogens is 1. The lowest BCUT2D eigenvalue weighted by Crippen LogP contribution is -2.18. The molecule has 1 amide bonds. The Kier molecular flexibility index (Phi) is 4.36. The van der Waals surface area contributed by atoms with Crippen molar-refractivity contribution in [3.63, 3.8) is 0 Å².